The molecular formula is C12H15ClF3N. The standard InChI is InChI=1S/C12H14F3N.ClH/c1-8(2)6-11(16)9-4-3-5-10(7-9)12(13,14)15;/h3-5,7,11H,1,6,16H2,2H3;1H/t11-;/m0./s1. The Balaban J connectivity index is 0.00000256. The van der Waals surface area contributed by atoms with E-state index in [0.29, 0.717) is 12.0 Å². The van der Waals surface area contributed by atoms with Crippen LogP contribution in [-0.2, 0) is 6.18 Å². The van der Waals surface area contributed by atoms with Crippen molar-refractivity contribution < 1.29 is 13.2 Å². The number of nitrogens with two attached hydrogens (primary N) is 1. The third kappa shape index (κ3) is 4.79. The third-order valence-corrected chi connectivity index (χ3v) is 2.21. The lowest BCUT2D eigenvalue weighted by Gasteiger charge is -2.14. The predicted molar refractivity (Wildman–Crippen MR) is 65.1 cm³/mol. The van der Waals surface area contributed by atoms with Crippen molar-refractivity contribution in [2.75, 3.05) is 0 Å². The van der Waals surface area contributed by atoms with E-state index in [1.165, 1.54) is 6.07 Å². The molecule has 0 unspecified atom stereocenters. The van der Waals surface area contributed by atoms with Crippen molar-refractivity contribution in [2.24, 2.45) is 5.73 Å². The first-order valence-corrected chi connectivity index (χ1v) is 4.88. The molecule has 1 atom stereocenters. The first-order valence-electron chi connectivity index (χ1n) is 4.88. The molecule has 0 bridgehead atoms. The van der Waals surface area contributed by atoms with Crippen molar-refractivity contribution >= 4 is 12.4 Å². The molecule has 0 fully saturated rings. The molecule has 0 radical (unpaired) electrons. The van der Waals surface area contributed by atoms with Crippen LogP contribution in [0.25, 0.3) is 0 Å². The summed E-state index contributed by atoms with van der Waals surface area (Å²) in [5.41, 5.74) is 6.45. The summed E-state index contributed by atoms with van der Waals surface area (Å²) >= 11 is 0. The zero-order chi connectivity index (χ0) is 12.3. The minimum Gasteiger partial charge on any atom is -0.324 e. The third-order valence-electron chi connectivity index (χ3n) is 2.21. The summed E-state index contributed by atoms with van der Waals surface area (Å²) in [6.45, 7) is 5.49. The van der Waals surface area contributed by atoms with Crippen molar-refractivity contribution in [1.29, 1.82) is 0 Å². The SMILES string of the molecule is C=C(C)C[C@H](N)c1cccc(C(F)(F)F)c1.Cl. The second-order valence-electron chi connectivity index (χ2n) is 3.89. The van der Waals surface area contributed by atoms with Gasteiger partial charge >= 0.3 is 6.18 Å². The molecule has 0 saturated carbocycles. The van der Waals surface area contributed by atoms with Crippen LogP contribution in [0.15, 0.2) is 36.4 Å². The van der Waals surface area contributed by atoms with Gasteiger partial charge in [0.1, 0.15) is 0 Å². The Morgan fingerprint density at radius 2 is 2.00 bits per heavy atom. The van der Waals surface area contributed by atoms with Gasteiger partial charge < -0.3 is 5.73 Å². The van der Waals surface area contributed by atoms with Gasteiger partial charge in [-0.2, -0.15) is 13.2 Å². The molecule has 1 rings (SSSR count). The molecule has 0 aliphatic heterocycles. The van der Waals surface area contributed by atoms with Gasteiger partial charge in [-0.25, -0.2) is 0 Å². The van der Waals surface area contributed by atoms with Crippen molar-refractivity contribution in [1.82, 2.24) is 0 Å². The van der Waals surface area contributed by atoms with Gasteiger partial charge in [0, 0.05) is 6.04 Å². The van der Waals surface area contributed by atoms with Crippen LogP contribution in [0, 0.1) is 0 Å². The first kappa shape index (κ1) is 16.0. The van der Waals surface area contributed by atoms with E-state index in [9.17, 15) is 13.2 Å². The second-order valence-corrected chi connectivity index (χ2v) is 3.89. The summed E-state index contributed by atoms with van der Waals surface area (Å²) in [6, 6.07) is 4.67. The fourth-order valence-corrected chi connectivity index (χ4v) is 1.44. The molecule has 0 heterocycles. The maximum atomic E-state index is 12.4. The van der Waals surface area contributed by atoms with E-state index in [4.69, 9.17) is 5.73 Å². The topological polar surface area (TPSA) is 26.0 Å². The molecule has 1 aromatic rings. The molecule has 96 valence electrons. The van der Waals surface area contributed by atoms with Gasteiger partial charge in [0.2, 0.25) is 0 Å². The number of rotatable bonds is 3. The van der Waals surface area contributed by atoms with E-state index in [1.807, 2.05) is 0 Å². The molecule has 0 aliphatic rings. The lowest BCUT2D eigenvalue weighted by atomic mass is 9.99. The van der Waals surface area contributed by atoms with Crippen molar-refractivity contribution in [3.05, 3.63) is 47.5 Å². The Hall–Kier alpha value is -1.00. The molecule has 2 N–H and O–H groups in total. The maximum Gasteiger partial charge on any atom is 0.416 e. The summed E-state index contributed by atoms with van der Waals surface area (Å²) in [4.78, 5) is 0. The minimum atomic E-state index is -4.32. The molecule has 0 aliphatic carbocycles. The molecule has 0 amide bonds. The number of benzene rings is 1. The first-order chi connectivity index (χ1) is 7.30. The highest BCUT2D eigenvalue weighted by Crippen LogP contribution is 2.31. The number of halogens is 4. The fraction of sp³-hybridized carbons (Fsp3) is 0.333. The fourth-order valence-electron chi connectivity index (χ4n) is 1.44. The summed E-state index contributed by atoms with van der Waals surface area (Å²) in [5.74, 6) is 0. The van der Waals surface area contributed by atoms with Crippen LogP contribution in [0.1, 0.15) is 30.5 Å². The van der Waals surface area contributed by atoms with Gasteiger partial charge in [0.15, 0.2) is 0 Å². The average molecular weight is 266 g/mol. The van der Waals surface area contributed by atoms with E-state index in [2.05, 4.69) is 6.58 Å². The highest BCUT2D eigenvalue weighted by atomic mass is 35.5. The molecule has 0 saturated heterocycles. The zero-order valence-electron chi connectivity index (χ0n) is 9.42. The Kier molecular flexibility index (Phi) is 5.72. The smallest absolute Gasteiger partial charge is 0.324 e. The normalized spacial score (nSPS) is 12.8. The summed E-state index contributed by atoms with van der Waals surface area (Å²) in [7, 11) is 0. The second kappa shape index (κ2) is 6.07. The lowest BCUT2D eigenvalue weighted by molar-refractivity contribution is -0.137. The molecular weight excluding hydrogens is 251 g/mol. The Morgan fingerprint density at radius 1 is 1.41 bits per heavy atom. The summed E-state index contributed by atoms with van der Waals surface area (Å²) in [6.07, 6.45) is -3.83. The van der Waals surface area contributed by atoms with Crippen molar-refractivity contribution in [2.45, 2.75) is 25.6 Å². The van der Waals surface area contributed by atoms with Crippen LogP contribution in [0.4, 0.5) is 13.2 Å². The molecule has 1 aromatic carbocycles. The van der Waals surface area contributed by atoms with E-state index in [0.717, 1.165) is 17.7 Å². The van der Waals surface area contributed by atoms with E-state index in [-0.39, 0.29) is 12.4 Å². The van der Waals surface area contributed by atoms with Crippen molar-refractivity contribution in [3.63, 3.8) is 0 Å². The Morgan fingerprint density at radius 3 is 2.47 bits per heavy atom. The largest absolute Gasteiger partial charge is 0.416 e. The molecule has 0 spiro atoms. The molecule has 5 heteroatoms. The van der Waals surface area contributed by atoms with Gasteiger partial charge in [-0.1, -0.05) is 17.7 Å². The maximum absolute atomic E-state index is 12.4. The van der Waals surface area contributed by atoms with Crippen LogP contribution in [0.2, 0.25) is 0 Å². The van der Waals surface area contributed by atoms with Crippen LogP contribution in [-0.4, -0.2) is 0 Å². The molecule has 17 heavy (non-hydrogen) atoms. The highest BCUT2D eigenvalue weighted by Gasteiger charge is 2.30. The van der Waals surface area contributed by atoms with Crippen molar-refractivity contribution in [3.8, 4) is 0 Å². The van der Waals surface area contributed by atoms with Crippen LogP contribution < -0.4 is 5.73 Å². The quantitative estimate of drug-likeness (QED) is 0.819. The van der Waals surface area contributed by atoms with Crippen LogP contribution in [0.5, 0.6) is 0 Å². The van der Waals surface area contributed by atoms with Gasteiger partial charge in [-0.05, 0) is 31.0 Å². The lowest BCUT2D eigenvalue weighted by Crippen LogP contribution is -2.12. The Labute approximate surface area is 105 Å². The van der Waals surface area contributed by atoms with E-state index in [1.54, 1.807) is 13.0 Å². The number of hydrogen-bond donors (Lipinski definition) is 1. The minimum absolute atomic E-state index is 0. The highest BCUT2D eigenvalue weighted by molar-refractivity contribution is 5.85. The number of alkyl halides is 3. The van der Waals surface area contributed by atoms with Crippen LogP contribution in [0.3, 0.4) is 0 Å². The number of hydrogen-bond acceptors (Lipinski definition) is 1. The van der Waals surface area contributed by atoms with Gasteiger partial charge in [-0.15, -0.1) is 19.0 Å². The van der Waals surface area contributed by atoms with Crippen LogP contribution >= 0.6 is 12.4 Å². The summed E-state index contributed by atoms with van der Waals surface area (Å²) in [5, 5.41) is 0. The Bertz CT molecular complexity index is 388. The monoisotopic (exact) mass is 265 g/mol. The average Bonchev–Trinajstić information content (AvgIpc) is 2.15. The van der Waals surface area contributed by atoms with E-state index >= 15 is 0 Å². The zero-order valence-corrected chi connectivity index (χ0v) is 10.2. The molecule has 0 aromatic heterocycles. The van der Waals surface area contributed by atoms with E-state index < -0.39 is 17.8 Å². The summed E-state index contributed by atoms with van der Waals surface area (Å²) < 4.78 is 37.3. The van der Waals surface area contributed by atoms with Gasteiger partial charge in [0.05, 0.1) is 5.56 Å². The van der Waals surface area contributed by atoms with Gasteiger partial charge in [0.25, 0.3) is 0 Å². The predicted octanol–water partition coefficient (Wildman–Crippen LogP) is 4.09. The van der Waals surface area contributed by atoms with Gasteiger partial charge in [-0.3, -0.25) is 0 Å². The molecule has 1 nitrogen and oxygen atoms in total.